The molecule has 0 radical (unpaired) electrons. The summed E-state index contributed by atoms with van der Waals surface area (Å²) in [5.74, 6) is -0.576. The summed E-state index contributed by atoms with van der Waals surface area (Å²) >= 11 is 0. The molecule has 0 fully saturated rings. The molecule has 0 heterocycles. The van der Waals surface area contributed by atoms with E-state index in [9.17, 15) is 13.2 Å². The van der Waals surface area contributed by atoms with Crippen molar-refractivity contribution in [2.24, 2.45) is 0 Å². The van der Waals surface area contributed by atoms with Crippen LogP contribution in [0, 0.1) is 0 Å². The van der Waals surface area contributed by atoms with Crippen LogP contribution in [0.5, 0.6) is 0 Å². The van der Waals surface area contributed by atoms with Gasteiger partial charge in [0.2, 0.25) is 0 Å². The highest BCUT2D eigenvalue weighted by molar-refractivity contribution is 7.81. The first kappa shape index (κ1) is 20.4. The van der Waals surface area contributed by atoms with Crippen molar-refractivity contribution in [3.63, 3.8) is 0 Å². The van der Waals surface area contributed by atoms with E-state index in [0.717, 1.165) is 7.11 Å². The first-order chi connectivity index (χ1) is 8.05. The Labute approximate surface area is 114 Å². The molecule has 0 spiro atoms. The minimum atomic E-state index is -4.08. The van der Waals surface area contributed by atoms with Crippen molar-refractivity contribution in [3.8, 4) is 0 Å². The van der Waals surface area contributed by atoms with E-state index in [1.54, 1.807) is 20.8 Å². The lowest BCUT2D eigenvalue weighted by Gasteiger charge is -2.30. The van der Waals surface area contributed by atoms with E-state index in [0.29, 0.717) is 12.0 Å². The number of esters is 1. The Morgan fingerprint density at radius 2 is 1.84 bits per heavy atom. The zero-order valence-corrected chi connectivity index (χ0v) is 12.9. The van der Waals surface area contributed by atoms with Crippen molar-refractivity contribution < 1.29 is 26.3 Å². The Balaban J connectivity index is 0. The Morgan fingerprint density at radius 1 is 1.37 bits per heavy atom. The predicted octanol–water partition coefficient (Wildman–Crippen LogP) is 1.73. The lowest BCUT2D eigenvalue weighted by atomic mass is 10.0. The molecule has 19 heavy (non-hydrogen) atoms. The predicted molar refractivity (Wildman–Crippen MR) is 71.1 cm³/mol. The molecule has 7 nitrogen and oxygen atoms in total. The van der Waals surface area contributed by atoms with Crippen LogP contribution in [-0.4, -0.2) is 33.2 Å². The third-order valence-corrected chi connectivity index (χ3v) is 3.45. The van der Waals surface area contributed by atoms with Gasteiger partial charge in [0.05, 0.1) is 7.11 Å². The minimum Gasteiger partial charge on any atom is -0.454 e. The molecule has 0 rings (SSSR count). The van der Waals surface area contributed by atoms with Crippen LogP contribution < -0.4 is 6.15 Å². The van der Waals surface area contributed by atoms with Gasteiger partial charge in [0, 0.05) is 5.57 Å². The van der Waals surface area contributed by atoms with Gasteiger partial charge in [-0.25, -0.2) is 8.98 Å². The Hall–Kier alpha value is -0.960. The zero-order chi connectivity index (χ0) is 14.6. The monoisotopic (exact) mass is 297 g/mol. The Morgan fingerprint density at radius 3 is 2.21 bits per heavy atom. The topological polar surface area (TPSA) is 114 Å². The maximum Gasteiger partial charge on any atom is 0.399 e. The van der Waals surface area contributed by atoms with Gasteiger partial charge in [0.25, 0.3) is 0 Å². The van der Waals surface area contributed by atoms with E-state index in [4.69, 9.17) is 8.92 Å². The van der Waals surface area contributed by atoms with E-state index in [-0.39, 0.29) is 6.15 Å². The molecule has 0 aromatic heterocycles. The number of hydrogen-bond donors (Lipinski definition) is 1. The molecule has 114 valence electrons. The molecular formula is C11H23NO6S. The quantitative estimate of drug-likeness (QED) is 0.562. The lowest BCUT2D eigenvalue weighted by Crippen LogP contribution is -2.42. The number of hydrogen-bond acceptors (Lipinski definition) is 7. The molecule has 0 aromatic rings. The largest absolute Gasteiger partial charge is 0.454 e. The van der Waals surface area contributed by atoms with Crippen LogP contribution in [0.25, 0.3) is 0 Å². The van der Waals surface area contributed by atoms with Gasteiger partial charge in [-0.3, -0.25) is 4.18 Å². The van der Waals surface area contributed by atoms with Gasteiger partial charge in [0.15, 0.2) is 0 Å². The van der Waals surface area contributed by atoms with E-state index >= 15 is 0 Å². The lowest BCUT2D eigenvalue weighted by molar-refractivity contribution is -0.160. The second-order valence-electron chi connectivity index (χ2n) is 4.26. The number of ether oxygens (including phenoxy) is 1. The average molecular weight is 297 g/mol. The second-order valence-corrected chi connectivity index (χ2v) is 5.61. The fourth-order valence-electron chi connectivity index (χ4n) is 0.870. The normalized spacial score (nSPS) is 13.3. The standard InChI is InChI=1S/C11H20O6S.H3N/c1-7-8(2)10(12)16-11(4,5)9(3)17-18(13,14)15-6;/h9H,2,7H2,1,3-6H3;1H3. The van der Waals surface area contributed by atoms with Crippen LogP contribution in [0.3, 0.4) is 0 Å². The summed E-state index contributed by atoms with van der Waals surface area (Å²) in [6, 6.07) is 0. The van der Waals surface area contributed by atoms with Gasteiger partial charge in [-0.2, -0.15) is 8.42 Å². The third-order valence-electron chi connectivity index (χ3n) is 2.52. The van der Waals surface area contributed by atoms with E-state index in [1.807, 2.05) is 0 Å². The zero-order valence-electron chi connectivity index (χ0n) is 12.1. The van der Waals surface area contributed by atoms with Crippen molar-refractivity contribution in [2.45, 2.75) is 45.8 Å². The van der Waals surface area contributed by atoms with E-state index in [1.165, 1.54) is 6.92 Å². The fourth-order valence-corrected chi connectivity index (χ4v) is 1.53. The van der Waals surface area contributed by atoms with Crippen molar-refractivity contribution in [1.82, 2.24) is 6.15 Å². The van der Waals surface area contributed by atoms with Gasteiger partial charge in [-0.05, 0) is 27.2 Å². The fraction of sp³-hybridized carbons (Fsp3) is 0.727. The second kappa shape index (κ2) is 7.59. The maximum absolute atomic E-state index is 11.6. The molecule has 0 bridgehead atoms. The Bertz CT molecular complexity index is 415. The smallest absolute Gasteiger partial charge is 0.399 e. The van der Waals surface area contributed by atoms with Crippen molar-refractivity contribution in [2.75, 3.05) is 7.11 Å². The highest BCUT2D eigenvalue weighted by Crippen LogP contribution is 2.21. The van der Waals surface area contributed by atoms with Gasteiger partial charge >= 0.3 is 16.4 Å². The molecule has 3 N–H and O–H groups in total. The van der Waals surface area contributed by atoms with Crippen LogP contribution in [0.4, 0.5) is 0 Å². The molecule has 1 atom stereocenters. The minimum absolute atomic E-state index is 0. The molecule has 0 aliphatic rings. The van der Waals surface area contributed by atoms with Crippen molar-refractivity contribution in [1.29, 1.82) is 0 Å². The van der Waals surface area contributed by atoms with Crippen LogP contribution in [0.15, 0.2) is 12.2 Å². The summed E-state index contributed by atoms with van der Waals surface area (Å²) in [5.41, 5.74) is -0.814. The summed E-state index contributed by atoms with van der Waals surface area (Å²) in [6.45, 7) is 9.88. The van der Waals surface area contributed by atoms with Gasteiger partial charge in [-0.1, -0.05) is 13.5 Å². The van der Waals surface area contributed by atoms with Crippen molar-refractivity contribution in [3.05, 3.63) is 12.2 Å². The molecule has 0 saturated carbocycles. The maximum atomic E-state index is 11.6. The number of rotatable bonds is 7. The molecule has 0 amide bonds. The van der Waals surface area contributed by atoms with Gasteiger partial charge in [0.1, 0.15) is 11.7 Å². The summed E-state index contributed by atoms with van der Waals surface area (Å²) < 4.78 is 36.3. The highest BCUT2D eigenvalue weighted by Gasteiger charge is 2.34. The first-order valence-electron chi connectivity index (χ1n) is 5.45. The molecular weight excluding hydrogens is 274 g/mol. The molecule has 0 aliphatic heterocycles. The molecule has 1 unspecified atom stereocenters. The van der Waals surface area contributed by atoms with Crippen molar-refractivity contribution >= 4 is 16.4 Å². The highest BCUT2D eigenvalue weighted by atomic mass is 32.3. The molecule has 0 saturated heterocycles. The summed E-state index contributed by atoms with van der Waals surface area (Å²) in [4.78, 5) is 11.6. The number of carbonyl (C=O) groups excluding carboxylic acids is 1. The molecule has 8 heteroatoms. The van der Waals surface area contributed by atoms with E-state index < -0.39 is 28.1 Å². The molecule has 0 aliphatic carbocycles. The molecule has 0 aromatic carbocycles. The first-order valence-corrected chi connectivity index (χ1v) is 6.79. The van der Waals surface area contributed by atoms with E-state index in [2.05, 4.69) is 10.8 Å². The van der Waals surface area contributed by atoms with Crippen LogP contribution in [-0.2, 0) is 28.3 Å². The summed E-state index contributed by atoms with van der Waals surface area (Å²) in [6.07, 6.45) is -0.434. The summed E-state index contributed by atoms with van der Waals surface area (Å²) in [7, 11) is -3.09. The van der Waals surface area contributed by atoms with Gasteiger partial charge in [-0.15, -0.1) is 0 Å². The Kier molecular flexibility index (Phi) is 8.13. The van der Waals surface area contributed by atoms with Crippen LogP contribution in [0.2, 0.25) is 0 Å². The third kappa shape index (κ3) is 6.67. The summed E-state index contributed by atoms with van der Waals surface area (Å²) in [5, 5.41) is 0. The number of carbonyl (C=O) groups is 1. The van der Waals surface area contributed by atoms with Gasteiger partial charge < -0.3 is 10.9 Å². The average Bonchev–Trinajstić information content (AvgIpc) is 2.26. The van der Waals surface area contributed by atoms with Crippen LogP contribution >= 0.6 is 0 Å². The SMILES string of the molecule is C=C(CC)C(=O)OC(C)(C)C(C)OS(=O)(=O)OC.N. The van der Waals surface area contributed by atoms with Crippen LogP contribution in [0.1, 0.15) is 34.1 Å².